The first-order valence-corrected chi connectivity index (χ1v) is 6.95. The van der Waals surface area contributed by atoms with Gasteiger partial charge in [-0.1, -0.05) is 69.2 Å². The molecule has 0 aromatic heterocycles. The van der Waals surface area contributed by atoms with Crippen molar-refractivity contribution in [3.63, 3.8) is 0 Å². The summed E-state index contributed by atoms with van der Waals surface area (Å²) in [6.45, 7) is 2.26. The van der Waals surface area contributed by atoms with Crippen molar-refractivity contribution in [2.75, 3.05) is 0 Å². The Labute approximate surface area is 105 Å². The molecule has 0 radical (unpaired) electrons. The highest BCUT2D eigenvalue weighted by molar-refractivity contribution is 6.30. The quantitative estimate of drug-likeness (QED) is 0.515. The highest BCUT2D eigenvalue weighted by Crippen LogP contribution is 2.13. The van der Waals surface area contributed by atoms with Crippen molar-refractivity contribution in [1.82, 2.24) is 0 Å². The number of hydrogen-bond donors (Lipinski definition) is 0. The van der Waals surface area contributed by atoms with Crippen LogP contribution in [0.2, 0.25) is 5.02 Å². The molecule has 0 fully saturated rings. The first kappa shape index (κ1) is 13.6. The number of hydrogen-bond acceptors (Lipinski definition) is 0. The largest absolute Gasteiger partial charge is 0.0843 e. The topological polar surface area (TPSA) is 0 Å². The van der Waals surface area contributed by atoms with Crippen molar-refractivity contribution < 1.29 is 0 Å². The zero-order valence-electron chi connectivity index (χ0n) is 10.3. The molecule has 16 heavy (non-hydrogen) atoms. The average Bonchev–Trinajstić information content (AvgIpc) is 2.30. The van der Waals surface area contributed by atoms with Gasteiger partial charge in [0, 0.05) is 5.02 Å². The van der Waals surface area contributed by atoms with Gasteiger partial charge in [-0.3, -0.25) is 0 Å². The van der Waals surface area contributed by atoms with E-state index in [0.29, 0.717) is 0 Å². The zero-order valence-corrected chi connectivity index (χ0v) is 11.1. The fourth-order valence-corrected chi connectivity index (χ4v) is 2.06. The lowest BCUT2D eigenvalue weighted by molar-refractivity contribution is 0.589. The predicted octanol–water partition coefficient (Wildman–Crippen LogP) is 5.63. The molecule has 0 saturated carbocycles. The van der Waals surface area contributed by atoms with Gasteiger partial charge >= 0.3 is 0 Å². The van der Waals surface area contributed by atoms with Crippen LogP contribution in [0.15, 0.2) is 24.3 Å². The second kappa shape index (κ2) is 8.64. The van der Waals surface area contributed by atoms with Crippen LogP contribution in [0.4, 0.5) is 0 Å². The summed E-state index contributed by atoms with van der Waals surface area (Å²) in [4.78, 5) is 0. The van der Waals surface area contributed by atoms with Crippen LogP contribution in [0.1, 0.15) is 57.4 Å². The van der Waals surface area contributed by atoms with Crippen molar-refractivity contribution in [3.8, 4) is 0 Å². The molecule has 90 valence electrons. The number of benzene rings is 1. The lowest BCUT2D eigenvalue weighted by Crippen LogP contribution is -1.86. The van der Waals surface area contributed by atoms with Gasteiger partial charge in [0.1, 0.15) is 0 Å². The summed E-state index contributed by atoms with van der Waals surface area (Å²) >= 11 is 5.84. The van der Waals surface area contributed by atoms with E-state index in [4.69, 9.17) is 11.6 Å². The summed E-state index contributed by atoms with van der Waals surface area (Å²) < 4.78 is 0. The minimum Gasteiger partial charge on any atom is -0.0843 e. The number of aryl methyl sites for hydroxylation is 1. The fourth-order valence-electron chi connectivity index (χ4n) is 1.94. The van der Waals surface area contributed by atoms with E-state index in [1.807, 2.05) is 12.1 Å². The molecule has 0 N–H and O–H groups in total. The second-order valence-electron chi connectivity index (χ2n) is 4.50. The van der Waals surface area contributed by atoms with E-state index in [2.05, 4.69) is 19.1 Å². The van der Waals surface area contributed by atoms with E-state index in [-0.39, 0.29) is 0 Å². The van der Waals surface area contributed by atoms with Gasteiger partial charge in [0.25, 0.3) is 0 Å². The molecule has 0 saturated heterocycles. The van der Waals surface area contributed by atoms with Crippen molar-refractivity contribution in [1.29, 1.82) is 0 Å². The van der Waals surface area contributed by atoms with Crippen LogP contribution in [0.25, 0.3) is 0 Å². The summed E-state index contributed by atoms with van der Waals surface area (Å²) in [6.07, 6.45) is 10.8. The van der Waals surface area contributed by atoms with Gasteiger partial charge in [0.05, 0.1) is 0 Å². The molecule has 0 spiro atoms. The summed E-state index contributed by atoms with van der Waals surface area (Å²) in [5.41, 5.74) is 1.41. The van der Waals surface area contributed by atoms with Crippen LogP contribution in [0.3, 0.4) is 0 Å². The van der Waals surface area contributed by atoms with Gasteiger partial charge in [-0.2, -0.15) is 0 Å². The van der Waals surface area contributed by atoms with E-state index in [1.165, 1.54) is 56.9 Å². The molecule has 0 bridgehead atoms. The molecular weight excluding hydrogens is 216 g/mol. The Morgan fingerprint density at radius 2 is 1.38 bits per heavy atom. The smallest absolute Gasteiger partial charge is 0.0406 e. The van der Waals surface area contributed by atoms with Crippen LogP contribution in [-0.4, -0.2) is 0 Å². The minimum atomic E-state index is 0.836. The Hall–Kier alpha value is -0.490. The van der Waals surface area contributed by atoms with Gasteiger partial charge < -0.3 is 0 Å². The summed E-state index contributed by atoms with van der Waals surface area (Å²) in [5.74, 6) is 0. The maximum Gasteiger partial charge on any atom is 0.0406 e. The molecule has 0 atom stereocenters. The van der Waals surface area contributed by atoms with Crippen molar-refractivity contribution >= 4 is 11.6 Å². The third kappa shape index (κ3) is 6.17. The number of unbranched alkanes of at least 4 members (excludes halogenated alkanes) is 6. The van der Waals surface area contributed by atoms with Gasteiger partial charge in [-0.05, 0) is 30.5 Å². The highest BCUT2D eigenvalue weighted by atomic mass is 35.5. The van der Waals surface area contributed by atoms with Crippen LogP contribution in [-0.2, 0) is 6.42 Å². The Bertz CT molecular complexity index is 263. The molecule has 1 aromatic carbocycles. The first-order valence-electron chi connectivity index (χ1n) is 6.57. The number of halogens is 1. The third-order valence-electron chi connectivity index (χ3n) is 2.98. The van der Waals surface area contributed by atoms with Crippen LogP contribution < -0.4 is 0 Å². The Kier molecular flexibility index (Phi) is 7.33. The molecule has 0 heterocycles. The maximum atomic E-state index is 5.84. The third-order valence-corrected chi connectivity index (χ3v) is 3.23. The molecule has 1 rings (SSSR count). The highest BCUT2D eigenvalue weighted by Gasteiger charge is 1.94. The Balaban J connectivity index is 2.01. The van der Waals surface area contributed by atoms with E-state index in [1.54, 1.807) is 0 Å². The van der Waals surface area contributed by atoms with E-state index < -0.39 is 0 Å². The van der Waals surface area contributed by atoms with Gasteiger partial charge in [0.2, 0.25) is 0 Å². The molecule has 0 aliphatic rings. The average molecular weight is 239 g/mol. The normalized spacial score (nSPS) is 10.6. The monoisotopic (exact) mass is 238 g/mol. The van der Waals surface area contributed by atoms with Crippen LogP contribution in [0, 0.1) is 0 Å². The molecular formula is C15H23Cl. The molecule has 1 aromatic rings. The van der Waals surface area contributed by atoms with Crippen LogP contribution >= 0.6 is 11.6 Å². The molecule has 0 aliphatic heterocycles. The first-order chi connectivity index (χ1) is 7.83. The van der Waals surface area contributed by atoms with Crippen molar-refractivity contribution in [2.45, 2.75) is 58.3 Å². The number of rotatable bonds is 8. The Morgan fingerprint density at radius 3 is 2.00 bits per heavy atom. The van der Waals surface area contributed by atoms with Gasteiger partial charge in [-0.25, -0.2) is 0 Å². The van der Waals surface area contributed by atoms with Crippen molar-refractivity contribution in [3.05, 3.63) is 34.9 Å². The fraction of sp³-hybridized carbons (Fsp3) is 0.600. The molecule has 0 amide bonds. The SMILES string of the molecule is CCCCCCCCCc1ccc(Cl)cc1. The van der Waals surface area contributed by atoms with Crippen LogP contribution in [0.5, 0.6) is 0 Å². The van der Waals surface area contributed by atoms with E-state index in [9.17, 15) is 0 Å². The van der Waals surface area contributed by atoms with Gasteiger partial charge in [-0.15, -0.1) is 0 Å². The Morgan fingerprint density at radius 1 is 0.812 bits per heavy atom. The standard InChI is InChI=1S/C15H23Cl/c1-2-3-4-5-6-7-8-9-14-10-12-15(16)13-11-14/h10-13H,2-9H2,1H3. The summed E-state index contributed by atoms with van der Waals surface area (Å²) in [6, 6.07) is 8.25. The lowest BCUT2D eigenvalue weighted by Gasteiger charge is -2.02. The molecule has 1 heteroatoms. The van der Waals surface area contributed by atoms with Crippen molar-refractivity contribution in [2.24, 2.45) is 0 Å². The second-order valence-corrected chi connectivity index (χ2v) is 4.93. The molecule has 0 unspecified atom stereocenters. The summed E-state index contributed by atoms with van der Waals surface area (Å²) in [5, 5.41) is 0.836. The minimum absolute atomic E-state index is 0.836. The zero-order chi connectivity index (χ0) is 11.6. The van der Waals surface area contributed by atoms with Gasteiger partial charge in [0.15, 0.2) is 0 Å². The molecule has 0 nitrogen and oxygen atoms in total. The summed E-state index contributed by atoms with van der Waals surface area (Å²) in [7, 11) is 0. The predicted molar refractivity (Wildman–Crippen MR) is 73.1 cm³/mol. The molecule has 0 aliphatic carbocycles. The maximum absolute atomic E-state index is 5.84. The van der Waals surface area contributed by atoms with E-state index >= 15 is 0 Å². The lowest BCUT2D eigenvalue weighted by atomic mass is 10.0. The van der Waals surface area contributed by atoms with E-state index in [0.717, 1.165) is 5.02 Å².